The largest absolute Gasteiger partial charge is 0.455 e. The maximum absolute atomic E-state index is 13.5. The normalized spacial score (nSPS) is 16.2. The van der Waals surface area contributed by atoms with E-state index < -0.39 is 0 Å². The van der Waals surface area contributed by atoms with Crippen molar-refractivity contribution in [3.8, 4) is 11.3 Å². The number of halogens is 1. The van der Waals surface area contributed by atoms with Crippen LogP contribution >= 0.6 is 0 Å². The smallest absolute Gasteiger partial charge is 0.257 e. The first-order valence-corrected chi connectivity index (χ1v) is 10.8. The molecule has 2 heterocycles. The minimum absolute atomic E-state index is 0.157. The molecule has 5 rings (SSSR count). The summed E-state index contributed by atoms with van der Waals surface area (Å²) in [4.78, 5) is 28.3. The number of nitrogens with zero attached hydrogens (tertiary/aromatic N) is 1. The number of morpholine rings is 1. The van der Waals surface area contributed by atoms with Crippen LogP contribution in [-0.4, -0.2) is 30.5 Å². The Kier molecular flexibility index (Phi) is 5.52. The number of benzene rings is 3. The molecule has 1 amide bonds. The van der Waals surface area contributed by atoms with Crippen molar-refractivity contribution < 1.29 is 18.3 Å². The molecule has 33 heavy (non-hydrogen) atoms. The van der Waals surface area contributed by atoms with Gasteiger partial charge in [0.2, 0.25) is 0 Å². The van der Waals surface area contributed by atoms with Crippen molar-refractivity contribution in [1.82, 2.24) is 4.90 Å². The van der Waals surface area contributed by atoms with Gasteiger partial charge in [0.25, 0.3) is 5.91 Å². The van der Waals surface area contributed by atoms with Crippen molar-refractivity contribution in [2.24, 2.45) is 0 Å². The number of hydrogen-bond acceptors (Lipinski definition) is 4. The molecule has 1 atom stereocenters. The highest BCUT2D eigenvalue weighted by atomic mass is 19.1. The second-order valence-corrected chi connectivity index (χ2v) is 8.10. The number of ether oxygens (including phenoxy) is 1. The lowest BCUT2D eigenvalue weighted by molar-refractivity contribution is -0.0228. The number of hydrogen-bond donors (Lipinski definition) is 0. The van der Waals surface area contributed by atoms with E-state index in [1.54, 1.807) is 42.2 Å². The fourth-order valence-corrected chi connectivity index (χ4v) is 4.23. The first-order chi connectivity index (χ1) is 16.0. The van der Waals surface area contributed by atoms with Gasteiger partial charge in [-0.25, -0.2) is 4.39 Å². The Bertz CT molecular complexity index is 1380. The Morgan fingerprint density at radius 1 is 1.00 bits per heavy atom. The van der Waals surface area contributed by atoms with Gasteiger partial charge in [-0.1, -0.05) is 48.5 Å². The zero-order valence-electron chi connectivity index (χ0n) is 18.1. The fourth-order valence-electron chi connectivity index (χ4n) is 4.23. The maximum Gasteiger partial charge on any atom is 0.257 e. The second kappa shape index (κ2) is 8.64. The van der Waals surface area contributed by atoms with Crippen molar-refractivity contribution in [3.05, 3.63) is 106 Å². The van der Waals surface area contributed by atoms with Crippen LogP contribution in [0.4, 0.5) is 4.39 Å². The van der Waals surface area contributed by atoms with Crippen LogP contribution in [0.5, 0.6) is 0 Å². The van der Waals surface area contributed by atoms with Gasteiger partial charge in [0.15, 0.2) is 11.0 Å². The van der Waals surface area contributed by atoms with E-state index in [-0.39, 0.29) is 28.8 Å². The molecule has 1 fully saturated rings. The summed E-state index contributed by atoms with van der Waals surface area (Å²) in [6.07, 6.45) is -0.354. The van der Waals surface area contributed by atoms with Gasteiger partial charge >= 0.3 is 0 Å². The summed E-state index contributed by atoms with van der Waals surface area (Å²) in [5.74, 6) is -0.0978. The molecule has 0 bridgehead atoms. The van der Waals surface area contributed by atoms with Crippen LogP contribution in [-0.2, 0) is 4.74 Å². The van der Waals surface area contributed by atoms with Crippen LogP contribution in [0.15, 0.2) is 82.0 Å². The molecule has 0 N–H and O–H groups in total. The number of carbonyl (C=O) groups is 1. The first-order valence-electron chi connectivity index (χ1n) is 10.8. The van der Waals surface area contributed by atoms with Crippen LogP contribution in [0, 0.1) is 12.7 Å². The third-order valence-electron chi connectivity index (χ3n) is 6.01. The Hall–Kier alpha value is -3.77. The highest BCUT2D eigenvalue weighted by Crippen LogP contribution is 2.29. The predicted octanol–water partition coefficient (Wildman–Crippen LogP) is 5.12. The van der Waals surface area contributed by atoms with E-state index in [4.69, 9.17) is 9.15 Å². The third-order valence-corrected chi connectivity index (χ3v) is 6.01. The molecular formula is C27H22FNO4. The highest BCUT2D eigenvalue weighted by Gasteiger charge is 2.28. The van der Waals surface area contributed by atoms with Crippen LogP contribution < -0.4 is 5.43 Å². The van der Waals surface area contributed by atoms with Crippen LogP contribution in [0.1, 0.15) is 27.6 Å². The van der Waals surface area contributed by atoms with E-state index in [9.17, 15) is 14.0 Å². The van der Waals surface area contributed by atoms with Crippen molar-refractivity contribution in [2.75, 3.05) is 19.7 Å². The number of fused-ring (bicyclic) bond motifs is 1. The number of para-hydroxylation sites is 1. The molecule has 3 aromatic carbocycles. The van der Waals surface area contributed by atoms with Gasteiger partial charge in [0, 0.05) is 17.7 Å². The van der Waals surface area contributed by atoms with Gasteiger partial charge in [-0.2, -0.15) is 0 Å². The monoisotopic (exact) mass is 443 g/mol. The highest BCUT2D eigenvalue weighted by molar-refractivity contribution is 6.05. The molecule has 1 aliphatic heterocycles. The summed E-state index contributed by atoms with van der Waals surface area (Å²) in [6.45, 7) is 2.82. The molecule has 0 unspecified atom stereocenters. The summed E-state index contributed by atoms with van der Waals surface area (Å²) in [5.41, 5.74) is 2.54. The predicted molar refractivity (Wildman–Crippen MR) is 124 cm³/mol. The number of carbonyl (C=O) groups excluding carboxylic acids is 1. The van der Waals surface area contributed by atoms with Crippen molar-refractivity contribution in [1.29, 1.82) is 0 Å². The summed E-state index contributed by atoms with van der Waals surface area (Å²) in [5, 5.41) is 0.376. The van der Waals surface area contributed by atoms with Gasteiger partial charge < -0.3 is 14.1 Å². The molecule has 5 nitrogen and oxygen atoms in total. The Morgan fingerprint density at radius 2 is 1.76 bits per heavy atom. The zero-order chi connectivity index (χ0) is 22.9. The van der Waals surface area contributed by atoms with Gasteiger partial charge in [-0.3, -0.25) is 9.59 Å². The summed E-state index contributed by atoms with van der Waals surface area (Å²) < 4.78 is 25.3. The Balaban J connectivity index is 1.54. The van der Waals surface area contributed by atoms with Crippen molar-refractivity contribution in [2.45, 2.75) is 13.0 Å². The third kappa shape index (κ3) is 3.94. The maximum atomic E-state index is 13.5. The molecule has 0 radical (unpaired) electrons. The Morgan fingerprint density at radius 3 is 2.52 bits per heavy atom. The van der Waals surface area contributed by atoms with E-state index >= 15 is 0 Å². The molecule has 0 aliphatic carbocycles. The van der Waals surface area contributed by atoms with Crippen LogP contribution in [0.2, 0.25) is 0 Å². The molecule has 0 saturated carbocycles. The van der Waals surface area contributed by atoms with E-state index in [1.807, 2.05) is 30.3 Å². The lowest BCUT2D eigenvalue weighted by atomic mass is 10.0. The average Bonchev–Trinajstić information content (AvgIpc) is 2.86. The Labute approximate surface area is 190 Å². The fraction of sp³-hybridized carbons (Fsp3) is 0.185. The quantitative estimate of drug-likeness (QED) is 0.441. The first kappa shape index (κ1) is 21.1. The molecule has 1 aromatic heterocycles. The lowest BCUT2D eigenvalue weighted by Gasteiger charge is -2.33. The second-order valence-electron chi connectivity index (χ2n) is 8.10. The van der Waals surface area contributed by atoms with Gasteiger partial charge in [0.1, 0.15) is 17.7 Å². The molecule has 1 aliphatic rings. The van der Waals surface area contributed by atoms with E-state index in [0.717, 1.165) is 11.1 Å². The molecule has 6 heteroatoms. The van der Waals surface area contributed by atoms with Crippen LogP contribution in [0.3, 0.4) is 0 Å². The molecular weight excluding hydrogens is 421 g/mol. The molecule has 1 saturated heterocycles. The topological polar surface area (TPSA) is 59.8 Å². The molecule has 0 spiro atoms. The van der Waals surface area contributed by atoms with Gasteiger partial charge in [-0.15, -0.1) is 0 Å². The average molecular weight is 443 g/mol. The summed E-state index contributed by atoms with van der Waals surface area (Å²) in [7, 11) is 0. The van der Waals surface area contributed by atoms with Crippen molar-refractivity contribution in [3.63, 3.8) is 0 Å². The lowest BCUT2D eigenvalue weighted by Crippen LogP contribution is -2.42. The number of rotatable bonds is 3. The van der Waals surface area contributed by atoms with Gasteiger partial charge in [0.05, 0.1) is 24.1 Å². The van der Waals surface area contributed by atoms with E-state index in [1.165, 1.54) is 12.1 Å². The van der Waals surface area contributed by atoms with Gasteiger partial charge in [-0.05, 0) is 36.8 Å². The number of amides is 1. The zero-order valence-corrected chi connectivity index (χ0v) is 18.1. The SMILES string of the molecule is Cc1c(-c2ccccc2)oc2c(C(=O)N3CCO[C@H](c4ccc(F)cc4)C3)cccc2c1=O. The van der Waals surface area contributed by atoms with Crippen molar-refractivity contribution >= 4 is 16.9 Å². The standard InChI is InChI=1S/C27H22FNO4/c1-17-24(30)21-8-5-9-22(26(21)33-25(17)19-6-3-2-4-7-19)27(31)29-14-15-32-23(16-29)18-10-12-20(28)13-11-18/h2-13,23H,14-16H2,1H3/t23-/m0/s1. The minimum atomic E-state index is -0.354. The van der Waals surface area contributed by atoms with E-state index in [0.29, 0.717) is 42.0 Å². The van der Waals surface area contributed by atoms with Crippen LogP contribution in [0.25, 0.3) is 22.3 Å². The van der Waals surface area contributed by atoms with E-state index in [2.05, 4.69) is 0 Å². The minimum Gasteiger partial charge on any atom is -0.455 e. The summed E-state index contributed by atoms with van der Waals surface area (Å²) >= 11 is 0. The molecule has 166 valence electrons. The molecule has 4 aromatic rings. The summed E-state index contributed by atoms with van der Waals surface area (Å²) in [6, 6.07) is 20.5.